The van der Waals surface area contributed by atoms with E-state index in [9.17, 15) is 14.4 Å². The lowest BCUT2D eigenvalue weighted by atomic mass is 10.1. The smallest absolute Gasteiger partial charge is 0.254 e. The monoisotopic (exact) mass is 424 g/mol. The molecule has 0 aliphatic carbocycles. The Morgan fingerprint density at radius 2 is 1.58 bits per heavy atom. The highest BCUT2D eigenvalue weighted by atomic mass is 16.5. The highest BCUT2D eigenvalue weighted by Gasteiger charge is 2.18. The summed E-state index contributed by atoms with van der Waals surface area (Å²) in [6.45, 7) is 4.25. The Labute approximate surface area is 182 Å². The summed E-state index contributed by atoms with van der Waals surface area (Å²) in [5.41, 5.74) is 2.59. The summed E-state index contributed by atoms with van der Waals surface area (Å²) in [6.07, 6.45) is 1.28. The predicted octanol–water partition coefficient (Wildman–Crippen LogP) is 2.95. The van der Waals surface area contributed by atoms with Gasteiger partial charge in [-0.3, -0.25) is 14.4 Å². The number of morpholine rings is 1. The number of ether oxygens (including phenoxy) is 1. The topological polar surface area (TPSA) is 99.8 Å². The molecule has 1 saturated heterocycles. The van der Waals surface area contributed by atoms with Crippen LogP contribution in [0.25, 0.3) is 0 Å². The minimum Gasteiger partial charge on any atom is -0.378 e. The molecule has 2 aromatic rings. The quantitative estimate of drug-likeness (QED) is 0.605. The maximum atomic E-state index is 12.6. The van der Waals surface area contributed by atoms with Crippen molar-refractivity contribution >= 4 is 34.8 Å². The lowest BCUT2D eigenvalue weighted by molar-refractivity contribution is -0.116. The van der Waals surface area contributed by atoms with Crippen LogP contribution in [0.5, 0.6) is 0 Å². The van der Waals surface area contributed by atoms with E-state index in [-0.39, 0.29) is 24.3 Å². The van der Waals surface area contributed by atoms with E-state index in [1.165, 1.54) is 0 Å². The first kappa shape index (κ1) is 22.3. The Bertz CT molecular complexity index is 908. The zero-order valence-corrected chi connectivity index (χ0v) is 17.6. The molecule has 1 aliphatic heterocycles. The van der Waals surface area contributed by atoms with Gasteiger partial charge in [-0.1, -0.05) is 13.0 Å². The molecule has 3 rings (SSSR count). The van der Waals surface area contributed by atoms with Gasteiger partial charge in [-0.15, -0.1) is 0 Å². The molecular formula is C23H28N4O4. The first-order valence-electron chi connectivity index (χ1n) is 10.5. The Kier molecular flexibility index (Phi) is 8.00. The Morgan fingerprint density at radius 1 is 0.903 bits per heavy atom. The SMILES string of the molecule is CCCC(=O)Nc1ccc(NCC(=O)Nc2cccc(C(=O)N3CCOCC3)c2)cc1. The van der Waals surface area contributed by atoms with Gasteiger partial charge in [0.1, 0.15) is 0 Å². The molecule has 0 bridgehead atoms. The minimum absolute atomic E-state index is 0.0167. The first-order chi connectivity index (χ1) is 15.0. The van der Waals surface area contributed by atoms with Crippen LogP contribution in [0.2, 0.25) is 0 Å². The summed E-state index contributed by atoms with van der Waals surface area (Å²) < 4.78 is 5.28. The molecule has 1 fully saturated rings. The summed E-state index contributed by atoms with van der Waals surface area (Å²) >= 11 is 0. The number of amides is 3. The molecule has 1 aliphatic rings. The van der Waals surface area contributed by atoms with Crippen molar-refractivity contribution in [3.8, 4) is 0 Å². The van der Waals surface area contributed by atoms with E-state index in [2.05, 4.69) is 16.0 Å². The fourth-order valence-corrected chi connectivity index (χ4v) is 3.19. The van der Waals surface area contributed by atoms with Crippen molar-refractivity contribution in [3.63, 3.8) is 0 Å². The summed E-state index contributed by atoms with van der Waals surface area (Å²) in [4.78, 5) is 38.3. The van der Waals surface area contributed by atoms with E-state index in [1.807, 2.05) is 6.92 Å². The molecule has 1 heterocycles. The van der Waals surface area contributed by atoms with Gasteiger partial charge in [0.25, 0.3) is 5.91 Å². The summed E-state index contributed by atoms with van der Waals surface area (Å²) in [7, 11) is 0. The summed E-state index contributed by atoms with van der Waals surface area (Å²) in [5.74, 6) is -0.308. The number of nitrogens with one attached hydrogen (secondary N) is 3. The molecule has 8 heteroatoms. The summed E-state index contributed by atoms with van der Waals surface area (Å²) in [5, 5.41) is 8.68. The van der Waals surface area contributed by atoms with Crippen LogP contribution in [-0.4, -0.2) is 55.5 Å². The average molecular weight is 425 g/mol. The largest absolute Gasteiger partial charge is 0.378 e. The predicted molar refractivity (Wildman–Crippen MR) is 120 cm³/mol. The van der Waals surface area contributed by atoms with Crippen LogP contribution in [-0.2, 0) is 14.3 Å². The second kappa shape index (κ2) is 11.1. The standard InChI is InChI=1S/C23H28N4O4/c1-2-4-21(28)25-19-9-7-18(8-10-19)24-16-22(29)26-20-6-3-5-17(15-20)23(30)27-11-13-31-14-12-27/h3,5-10,15,24H,2,4,11-14,16H2,1H3,(H,25,28)(H,26,29). The van der Waals surface area contributed by atoms with E-state index < -0.39 is 0 Å². The lowest BCUT2D eigenvalue weighted by Gasteiger charge is -2.27. The van der Waals surface area contributed by atoms with Gasteiger partial charge in [0.2, 0.25) is 11.8 Å². The fraction of sp³-hybridized carbons (Fsp3) is 0.348. The van der Waals surface area contributed by atoms with Crippen LogP contribution < -0.4 is 16.0 Å². The van der Waals surface area contributed by atoms with E-state index in [4.69, 9.17) is 4.74 Å². The van der Waals surface area contributed by atoms with E-state index in [0.29, 0.717) is 44.0 Å². The molecule has 0 unspecified atom stereocenters. The van der Waals surface area contributed by atoms with Gasteiger partial charge in [-0.2, -0.15) is 0 Å². The maximum Gasteiger partial charge on any atom is 0.254 e. The molecule has 0 saturated carbocycles. The molecule has 8 nitrogen and oxygen atoms in total. The Balaban J connectivity index is 1.49. The summed E-state index contributed by atoms with van der Waals surface area (Å²) in [6, 6.07) is 14.1. The van der Waals surface area contributed by atoms with Crippen molar-refractivity contribution in [2.24, 2.45) is 0 Å². The third-order valence-electron chi connectivity index (χ3n) is 4.79. The minimum atomic E-state index is -0.226. The second-order valence-electron chi connectivity index (χ2n) is 7.26. The van der Waals surface area contributed by atoms with Crippen molar-refractivity contribution in [2.45, 2.75) is 19.8 Å². The van der Waals surface area contributed by atoms with Gasteiger partial charge in [-0.05, 0) is 48.9 Å². The van der Waals surface area contributed by atoms with Gasteiger partial charge < -0.3 is 25.6 Å². The number of carbonyl (C=O) groups is 3. The van der Waals surface area contributed by atoms with Crippen LogP contribution in [0.1, 0.15) is 30.1 Å². The van der Waals surface area contributed by atoms with E-state index >= 15 is 0 Å². The zero-order valence-electron chi connectivity index (χ0n) is 17.6. The highest BCUT2D eigenvalue weighted by molar-refractivity contribution is 5.98. The molecule has 2 aromatic carbocycles. The third-order valence-corrected chi connectivity index (χ3v) is 4.79. The number of benzene rings is 2. The molecule has 0 atom stereocenters. The number of anilines is 3. The van der Waals surface area contributed by atoms with Crippen LogP contribution in [0.3, 0.4) is 0 Å². The normalized spacial score (nSPS) is 13.4. The number of hydrogen-bond acceptors (Lipinski definition) is 5. The lowest BCUT2D eigenvalue weighted by Crippen LogP contribution is -2.40. The van der Waals surface area contributed by atoms with Crippen LogP contribution in [0.15, 0.2) is 48.5 Å². The van der Waals surface area contributed by atoms with Crippen LogP contribution in [0, 0.1) is 0 Å². The van der Waals surface area contributed by atoms with Gasteiger partial charge in [-0.25, -0.2) is 0 Å². The maximum absolute atomic E-state index is 12.6. The molecule has 164 valence electrons. The van der Waals surface area contributed by atoms with Crippen molar-refractivity contribution in [1.29, 1.82) is 0 Å². The van der Waals surface area contributed by atoms with Gasteiger partial charge in [0, 0.05) is 42.1 Å². The van der Waals surface area contributed by atoms with E-state index in [0.717, 1.165) is 17.8 Å². The van der Waals surface area contributed by atoms with E-state index in [1.54, 1.807) is 53.4 Å². The van der Waals surface area contributed by atoms with Crippen LogP contribution >= 0.6 is 0 Å². The molecular weight excluding hydrogens is 396 g/mol. The molecule has 0 spiro atoms. The molecule has 0 aromatic heterocycles. The fourth-order valence-electron chi connectivity index (χ4n) is 3.19. The zero-order chi connectivity index (χ0) is 22.1. The molecule has 31 heavy (non-hydrogen) atoms. The van der Waals surface area contributed by atoms with Crippen molar-refractivity contribution < 1.29 is 19.1 Å². The third kappa shape index (κ3) is 6.82. The van der Waals surface area contributed by atoms with Crippen molar-refractivity contribution in [1.82, 2.24) is 4.90 Å². The molecule has 3 amide bonds. The first-order valence-corrected chi connectivity index (χ1v) is 10.5. The van der Waals surface area contributed by atoms with Crippen molar-refractivity contribution in [3.05, 3.63) is 54.1 Å². The highest BCUT2D eigenvalue weighted by Crippen LogP contribution is 2.15. The Morgan fingerprint density at radius 3 is 2.29 bits per heavy atom. The number of rotatable bonds is 8. The number of carbonyl (C=O) groups excluding carboxylic acids is 3. The second-order valence-corrected chi connectivity index (χ2v) is 7.26. The number of hydrogen-bond donors (Lipinski definition) is 3. The Hall–Kier alpha value is -3.39. The molecule has 3 N–H and O–H groups in total. The average Bonchev–Trinajstić information content (AvgIpc) is 2.79. The van der Waals surface area contributed by atoms with Crippen LogP contribution in [0.4, 0.5) is 17.1 Å². The van der Waals surface area contributed by atoms with Crippen molar-refractivity contribution in [2.75, 3.05) is 48.8 Å². The van der Waals surface area contributed by atoms with Gasteiger partial charge in [0.15, 0.2) is 0 Å². The number of nitrogens with zero attached hydrogens (tertiary/aromatic N) is 1. The van der Waals surface area contributed by atoms with Gasteiger partial charge >= 0.3 is 0 Å². The van der Waals surface area contributed by atoms with Gasteiger partial charge in [0.05, 0.1) is 19.8 Å². The molecule has 0 radical (unpaired) electrons.